The summed E-state index contributed by atoms with van der Waals surface area (Å²) in [7, 11) is 0. The number of rotatable bonds is 4. The van der Waals surface area contributed by atoms with Crippen LogP contribution in [0, 0.1) is 0 Å². The molecule has 17 heavy (non-hydrogen) atoms. The third-order valence-corrected chi connectivity index (χ3v) is 3.29. The Morgan fingerprint density at radius 1 is 1.59 bits per heavy atom. The van der Waals surface area contributed by atoms with Gasteiger partial charge >= 0.3 is 5.97 Å². The van der Waals surface area contributed by atoms with Crippen LogP contribution >= 0.6 is 27.3 Å². The summed E-state index contributed by atoms with van der Waals surface area (Å²) in [5, 5.41) is 16.0. The Kier molecular flexibility index (Phi) is 3.75. The van der Waals surface area contributed by atoms with E-state index < -0.39 is 5.97 Å². The Bertz CT molecular complexity index is 528. The first kappa shape index (κ1) is 12.1. The summed E-state index contributed by atoms with van der Waals surface area (Å²) >= 11 is 4.81. The minimum Gasteiger partial charge on any atom is -0.478 e. The zero-order chi connectivity index (χ0) is 12.3. The molecule has 0 aliphatic heterocycles. The first-order chi connectivity index (χ1) is 8.16. The Balaban J connectivity index is 2.17. The van der Waals surface area contributed by atoms with E-state index in [2.05, 4.69) is 26.2 Å². The molecule has 2 N–H and O–H groups in total. The number of carboxylic acids is 1. The number of aromatic carboxylic acids is 1. The van der Waals surface area contributed by atoms with Crippen molar-refractivity contribution in [1.29, 1.82) is 0 Å². The first-order valence-electron chi connectivity index (χ1n) is 4.80. The maximum Gasteiger partial charge on any atom is 0.339 e. The lowest BCUT2D eigenvalue weighted by atomic mass is 10.2. The molecular formula is C11H9BrN2O2S. The largest absolute Gasteiger partial charge is 0.478 e. The normalized spacial score (nSPS) is 10.2. The number of hydrogen-bond donors (Lipinski definition) is 2. The summed E-state index contributed by atoms with van der Waals surface area (Å²) < 4.78 is 0.649. The molecule has 0 amide bonds. The van der Waals surface area contributed by atoms with E-state index in [1.807, 2.05) is 16.8 Å². The Labute approximate surface area is 110 Å². The molecule has 0 aliphatic rings. The molecule has 2 heterocycles. The molecule has 0 spiro atoms. The molecule has 0 unspecified atom stereocenters. The van der Waals surface area contributed by atoms with Crippen LogP contribution in [0.1, 0.15) is 15.9 Å². The Hall–Kier alpha value is -1.40. The zero-order valence-corrected chi connectivity index (χ0v) is 11.1. The number of hydrogen-bond acceptors (Lipinski definition) is 4. The van der Waals surface area contributed by atoms with Gasteiger partial charge in [-0.05, 0) is 44.4 Å². The van der Waals surface area contributed by atoms with Crippen LogP contribution in [-0.2, 0) is 6.54 Å². The van der Waals surface area contributed by atoms with Gasteiger partial charge in [0.2, 0.25) is 0 Å². The van der Waals surface area contributed by atoms with Gasteiger partial charge in [-0.3, -0.25) is 0 Å². The van der Waals surface area contributed by atoms with Crippen molar-refractivity contribution in [3.8, 4) is 0 Å². The molecule has 0 aromatic carbocycles. The summed E-state index contributed by atoms with van der Waals surface area (Å²) in [6.45, 7) is 0.568. The third kappa shape index (κ3) is 3.04. The molecule has 0 saturated carbocycles. The van der Waals surface area contributed by atoms with Gasteiger partial charge in [0.05, 0.1) is 0 Å². The molecule has 2 aromatic heterocycles. The highest BCUT2D eigenvalue weighted by molar-refractivity contribution is 9.10. The van der Waals surface area contributed by atoms with Crippen molar-refractivity contribution in [3.05, 3.63) is 44.7 Å². The molecule has 0 aliphatic carbocycles. The van der Waals surface area contributed by atoms with E-state index in [1.54, 1.807) is 17.5 Å². The maximum atomic E-state index is 11.0. The van der Waals surface area contributed by atoms with Gasteiger partial charge in [0.25, 0.3) is 0 Å². The predicted octanol–water partition coefficient (Wildman–Crippen LogP) is 3.22. The van der Waals surface area contributed by atoms with Crippen molar-refractivity contribution < 1.29 is 9.90 Å². The molecule has 0 radical (unpaired) electrons. The van der Waals surface area contributed by atoms with Crippen molar-refractivity contribution in [2.24, 2.45) is 0 Å². The van der Waals surface area contributed by atoms with Crippen molar-refractivity contribution >= 4 is 39.1 Å². The van der Waals surface area contributed by atoms with Crippen LogP contribution in [0.2, 0.25) is 0 Å². The highest BCUT2D eigenvalue weighted by Gasteiger charge is 2.11. The third-order valence-electron chi connectivity index (χ3n) is 2.12. The van der Waals surface area contributed by atoms with E-state index >= 15 is 0 Å². The molecule has 0 fully saturated rings. The number of halogens is 1. The van der Waals surface area contributed by atoms with Crippen LogP contribution in [0.3, 0.4) is 0 Å². The topological polar surface area (TPSA) is 62.2 Å². The Morgan fingerprint density at radius 2 is 2.41 bits per heavy atom. The van der Waals surface area contributed by atoms with E-state index in [0.717, 1.165) is 5.56 Å². The van der Waals surface area contributed by atoms with Crippen LogP contribution in [0.15, 0.2) is 33.6 Å². The highest BCUT2D eigenvalue weighted by atomic mass is 79.9. The molecule has 88 valence electrons. The number of anilines is 1. The summed E-state index contributed by atoms with van der Waals surface area (Å²) in [5.41, 5.74) is 1.27. The molecule has 4 nitrogen and oxygen atoms in total. The van der Waals surface area contributed by atoms with E-state index in [0.29, 0.717) is 16.8 Å². The fraction of sp³-hybridized carbons (Fsp3) is 0.0909. The maximum absolute atomic E-state index is 11.0. The number of thiophene rings is 1. The fourth-order valence-electron chi connectivity index (χ4n) is 1.32. The first-order valence-corrected chi connectivity index (χ1v) is 6.54. The van der Waals surface area contributed by atoms with Gasteiger partial charge in [-0.25, -0.2) is 9.78 Å². The fourth-order valence-corrected chi connectivity index (χ4v) is 2.32. The minimum absolute atomic E-state index is 0.162. The molecule has 2 rings (SSSR count). The lowest BCUT2D eigenvalue weighted by Crippen LogP contribution is -2.07. The summed E-state index contributed by atoms with van der Waals surface area (Å²) in [5.74, 6) is -0.612. The average Bonchev–Trinajstić information content (AvgIpc) is 2.80. The number of carbonyl (C=O) groups is 1. The molecule has 0 saturated heterocycles. The van der Waals surface area contributed by atoms with Crippen LogP contribution in [-0.4, -0.2) is 16.1 Å². The molecule has 2 aromatic rings. The van der Waals surface area contributed by atoms with Crippen molar-refractivity contribution in [2.75, 3.05) is 5.32 Å². The second kappa shape index (κ2) is 5.29. The minimum atomic E-state index is -0.994. The van der Waals surface area contributed by atoms with E-state index in [4.69, 9.17) is 5.11 Å². The van der Waals surface area contributed by atoms with E-state index in [1.165, 1.54) is 6.07 Å². The van der Waals surface area contributed by atoms with Gasteiger partial charge in [-0.15, -0.1) is 0 Å². The number of pyridine rings is 1. The average molecular weight is 313 g/mol. The number of carboxylic acid groups (broad SMARTS) is 1. The van der Waals surface area contributed by atoms with Crippen LogP contribution < -0.4 is 5.32 Å². The highest BCUT2D eigenvalue weighted by Crippen LogP contribution is 2.19. The van der Waals surface area contributed by atoms with Gasteiger partial charge in [0, 0.05) is 17.2 Å². The van der Waals surface area contributed by atoms with Crippen molar-refractivity contribution in [3.63, 3.8) is 0 Å². The monoisotopic (exact) mass is 312 g/mol. The second-order valence-electron chi connectivity index (χ2n) is 3.34. The van der Waals surface area contributed by atoms with E-state index in [-0.39, 0.29) is 5.56 Å². The summed E-state index contributed by atoms with van der Waals surface area (Å²) in [6.07, 6.45) is 1.57. The van der Waals surface area contributed by atoms with Crippen LogP contribution in [0.4, 0.5) is 5.82 Å². The van der Waals surface area contributed by atoms with Gasteiger partial charge in [-0.2, -0.15) is 11.3 Å². The molecular weight excluding hydrogens is 304 g/mol. The van der Waals surface area contributed by atoms with E-state index in [9.17, 15) is 4.79 Å². The quantitative estimate of drug-likeness (QED) is 0.910. The smallest absolute Gasteiger partial charge is 0.339 e. The SMILES string of the molecule is O=C(O)c1cc(Br)cnc1NCc1ccsc1. The predicted molar refractivity (Wildman–Crippen MR) is 70.5 cm³/mol. The van der Waals surface area contributed by atoms with Crippen molar-refractivity contribution in [1.82, 2.24) is 4.98 Å². The van der Waals surface area contributed by atoms with Crippen molar-refractivity contribution in [2.45, 2.75) is 6.54 Å². The molecule has 6 heteroatoms. The lowest BCUT2D eigenvalue weighted by Gasteiger charge is -2.07. The molecule has 0 bridgehead atoms. The van der Waals surface area contributed by atoms with Crippen LogP contribution in [0.25, 0.3) is 0 Å². The van der Waals surface area contributed by atoms with Gasteiger partial charge in [0.1, 0.15) is 11.4 Å². The molecule has 0 atom stereocenters. The van der Waals surface area contributed by atoms with Gasteiger partial charge < -0.3 is 10.4 Å². The lowest BCUT2D eigenvalue weighted by molar-refractivity contribution is 0.0697. The number of aromatic nitrogens is 1. The van der Waals surface area contributed by atoms with Crippen LogP contribution in [0.5, 0.6) is 0 Å². The second-order valence-corrected chi connectivity index (χ2v) is 5.04. The zero-order valence-electron chi connectivity index (χ0n) is 8.68. The van der Waals surface area contributed by atoms with Gasteiger partial charge in [-0.1, -0.05) is 0 Å². The van der Waals surface area contributed by atoms with Gasteiger partial charge in [0.15, 0.2) is 0 Å². The standard InChI is InChI=1S/C11H9BrN2O2S/c12-8-3-9(11(15)16)10(14-5-8)13-4-7-1-2-17-6-7/h1-3,5-6H,4H2,(H,13,14)(H,15,16). The number of nitrogens with one attached hydrogen (secondary N) is 1. The Morgan fingerprint density at radius 3 is 3.06 bits per heavy atom. The summed E-state index contributed by atoms with van der Waals surface area (Å²) in [6, 6.07) is 3.52. The number of nitrogens with zero attached hydrogens (tertiary/aromatic N) is 1. The summed E-state index contributed by atoms with van der Waals surface area (Å²) in [4.78, 5) is 15.1.